The topological polar surface area (TPSA) is 92.3 Å². The van der Waals surface area contributed by atoms with E-state index in [1.165, 1.54) is 19.1 Å². The van der Waals surface area contributed by atoms with Crippen LogP contribution < -0.4 is 10.6 Å². The van der Waals surface area contributed by atoms with Crippen LogP contribution >= 0.6 is 0 Å². The predicted molar refractivity (Wildman–Crippen MR) is 97.7 cm³/mol. The first-order chi connectivity index (χ1) is 11.8. The lowest BCUT2D eigenvalue weighted by Gasteiger charge is -2.09. The highest BCUT2D eigenvalue weighted by molar-refractivity contribution is 7.91. The van der Waals surface area contributed by atoms with E-state index in [1.54, 1.807) is 43.3 Å². The van der Waals surface area contributed by atoms with E-state index in [0.717, 1.165) is 0 Å². The van der Waals surface area contributed by atoms with Gasteiger partial charge in [0, 0.05) is 16.9 Å². The van der Waals surface area contributed by atoms with Crippen LogP contribution in [0.4, 0.5) is 11.4 Å². The summed E-state index contributed by atoms with van der Waals surface area (Å²) in [7, 11) is -3.23. The van der Waals surface area contributed by atoms with Gasteiger partial charge < -0.3 is 10.6 Å². The van der Waals surface area contributed by atoms with Crippen LogP contribution in [0.15, 0.2) is 53.4 Å². The molecule has 0 saturated heterocycles. The SMILES string of the molecule is CCS(=O)(=O)c1ccc(NCC(=O)Nc2cccc(C(C)=O)c2)cc1. The Bertz CT molecular complexity index is 874. The lowest BCUT2D eigenvalue weighted by molar-refractivity contribution is -0.114. The third-order valence-electron chi connectivity index (χ3n) is 3.60. The molecule has 1 amide bonds. The van der Waals surface area contributed by atoms with E-state index in [0.29, 0.717) is 16.9 Å². The number of sulfone groups is 1. The molecule has 2 rings (SSSR count). The van der Waals surface area contributed by atoms with Crippen molar-refractivity contribution < 1.29 is 18.0 Å². The van der Waals surface area contributed by atoms with Gasteiger partial charge in [-0.15, -0.1) is 0 Å². The molecule has 0 unspecified atom stereocenters. The average Bonchev–Trinajstić information content (AvgIpc) is 2.60. The zero-order chi connectivity index (χ0) is 18.4. The molecule has 0 aliphatic carbocycles. The first-order valence-corrected chi connectivity index (χ1v) is 9.44. The van der Waals surface area contributed by atoms with Crippen LogP contribution in [0, 0.1) is 0 Å². The molecular formula is C18H20N2O4S. The number of rotatable bonds is 7. The molecule has 0 atom stereocenters. The molecule has 6 nitrogen and oxygen atoms in total. The minimum absolute atomic E-state index is 0.0180. The summed E-state index contributed by atoms with van der Waals surface area (Å²) in [5, 5.41) is 5.63. The predicted octanol–water partition coefficient (Wildman–Crippen LogP) is 2.73. The minimum Gasteiger partial charge on any atom is -0.376 e. The van der Waals surface area contributed by atoms with Crippen LogP contribution in [0.2, 0.25) is 0 Å². The maximum absolute atomic E-state index is 12.0. The summed E-state index contributed by atoms with van der Waals surface area (Å²) in [6.45, 7) is 3.07. The zero-order valence-electron chi connectivity index (χ0n) is 14.1. The van der Waals surface area contributed by atoms with Gasteiger partial charge in [-0.1, -0.05) is 19.1 Å². The molecule has 0 aliphatic rings. The summed E-state index contributed by atoms with van der Waals surface area (Å²) in [5.41, 5.74) is 1.71. The normalized spacial score (nSPS) is 11.0. The van der Waals surface area contributed by atoms with Crippen LogP contribution in [-0.4, -0.2) is 32.4 Å². The number of hydrogen-bond acceptors (Lipinski definition) is 5. The molecule has 2 aromatic carbocycles. The number of nitrogens with one attached hydrogen (secondary N) is 2. The summed E-state index contributed by atoms with van der Waals surface area (Å²) >= 11 is 0. The molecule has 0 aromatic heterocycles. The van der Waals surface area contributed by atoms with Gasteiger partial charge in [0.1, 0.15) is 0 Å². The number of amides is 1. The first kappa shape index (κ1) is 18.7. The van der Waals surface area contributed by atoms with Gasteiger partial charge in [0.2, 0.25) is 5.91 Å². The molecule has 0 heterocycles. The van der Waals surface area contributed by atoms with Gasteiger partial charge in [-0.25, -0.2) is 8.42 Å². The van der Waals surface area contributed by atoms with Crippen molar-refractivity contribution >= 4 is 32.9 Å². The number of carbonyl (C=O) groups excluding carboxylic acids is 2. The number of carbonyl (C=O) groups is 2. The Morgan fingerprint density at radius 2 is 1.68 bits per heavy atom. The maximum atomic E-state index is 12.0. The van der Waals surface area contributed by atoms with E-state index in [1.807, 2.05) is 0 Å². The molecule has 0 spiro atoms. The van der Waals surface area contributed by atoms with Gasteiger partial charge in [0.05, 0.1) is 17.2 Å². The molecule has 0 saturated carbocycles. The molecule has 2 aromatic rings. The summed E-state index contributed by atoms with van der Waals surface area (Å²) in [4.78, 5) is 23.6. The Morgan fingerprint density at radius 3 is 2.28 bits per heavy atom. The fraction of sp³-hybridized carbons (Fsp3) is 0.222. The van der Waals surface area contributed by atoms with E-state index < -0.39 is 9.84 Å². The molecule has 0 aliphatic heterocycles. The van der Waals surface area contributed by atoms with Crippen molar-refractivity contribution in [3.63, 3.8) is 0 Å². The van der Waals surface area contributed by atoms with Crippen molar-refractivity contribution in [1.29, 1.82) is 0 Å². The van der Waals surface area contributed by atoms with Crippen molar-refractivity contribution in [2.75, 3.05) is 22.9 Å². The largest absolute Gasteiger partial charge is 0.376 e. The Morgan fingerprint density at radius 1 is 1.00 bits per heavy atom. The van der Waals surface area contributed by atoms with Crippen molar-refractivity contribution in [2.45, 2.75) is 18.7 Å². The average molecular weight is 360 g/mol. The van der Waals surface area contributed by atoms with Crippen molar-refractivity contribution in [3.8, 4) is 0 Å². The zero-order valence-corrected chi connectivity index (χ0v) is 14.9. The van der Waals surface area contributed by atoms with Crippen LogP contribution in [0.1, 0.15) is 24.2 Å². The number of benzene rings is 2. The third kappa shape index (κ3) is 5.15. The lowest BCUT2D eigenvalue weighted by Crippen LogP contribution is -2.21. The second-order valence-corrected chi connectivity index (χ2v) is 7.74. The van der Waals surface area contributed by atoms with Crippen LogP contribution in [0.25, 0.3) is 0 Å². The first-order valence-electron chi connectivity index (χ1n) is 7.79. The highest BCUT2D eigenvalue weighted by Gasteiger charge is 2.11. The monoisotopic (exact) mass is 360 g/mol. The number of hydrogen-bond donors (Lipinski definition) is 2. The lowest BCUT2D eigenvalue weighted by atomic mass is 10.1. The number of anilines is 2. The van der Waals surface area contributed by atoms with Gasteiger partial charge in [0.25, 0.3) is 0 Å². The molecule has 25 heavy (non-hydrogen) atoms. The standard InChI is InChI=1S/C18H20N2O4S/c1-3-25(23,24)17-9-7-15(8-10-17)19-12-18(22)20-16-6-4-5-14(11-16)13(2)21/h4-11,19H,3,12H2,1-2H3,(H,20,22). The molecule has 0 fully saturated rings. The van der Waals surface area contributed by atoms with Crippen molar-refractivity contribution in [1.82, 2.24) is 0 Å². The Labute approximate surface area is 147 Å². The Hall–Kier alpha value is -2.67. The number of Topliss-reactive ketones (excluding diaryl/α,β-unsaturated/α-hetero) is 1. The Kier molecular flexibility index (Phi) is 5.93. The highest BCUT2D eigenvalue weighted by Crippen LogP contribution is 2.15. The molecular weight excluding hydrogens is 340 g/mol. The number of ketones is 1. The summed E-state index contributed by atoms with van der Waals surface area (Å²) in [6.07, 6.45) is 0. The molecule has 0 radical (unpaired) electrons. The van der Waals surface area contributed by atoms with Gasteiger partial charge in [-0.2, -0.15) is 0 Å². The minimum atomic E-state index is -3.23. The molecule has 7 heteroatoms. The second kappa shape index (κ2) is 7.94. The van der Waals surface area contributed by atoms with E-state index in [9.17, 15) is 18.0 Å². The van der Waals surface area contributed by atoms with Gasteiger partial charge in [0.15, 0.2) is 15.6 Å². The van der Waals surface area contributed by atoms with E-state index in [4.69, 9.17) is 0 Å². The smallest absolute Gasteiger partial charge is 0.243 e. The fourth-order valence-electron chi connectivity index (χ4n) is 2.15. The van der Waals surface area contributed by atoms with Gasteiger partial charge >= 0.3 is 0 Å². The van der Waals surface area contributed by atoms with Crippen LogP contribution in [0.5, 0.6) is 0 Å². The Balaban J connectivity index is 1.94. The van der Waals surface area contributed by atoms with E-state index >= 15 is 0 Å². The quantitative estimate of drug-likeness (QED) is 0.741. The fourth-order valence-corrected chi connectivity index (χ4v) is 3.03. The van der Waals surface area contributed by atoms with E-state index in [2.05, 4.69) is 10.6 Å². The molecule has 2 N–H and O–H groups in total. The molecule has 0 bridgehead atoms. The maximum Gasteiger partial charge on any atom is 0.243 e. The second-order valence-electron chi connectivity index (χ2n) is 5.47. The summed E-state index contributed by atoms with van der Waals surface area (Å²) in [6, 6.07) is 13.0. The van der Waals surface area contributed by atoms with Gasteiger partial charge in [-0.05, 0) is 43.3 Å². The highest BCUT2D eigenvalue weighted by atomic mass is 32.2. The van der Waals surface area contributed by atoms with E-state index in [-0.39, 0.29) is 28.9 Å². The van der Waals surface area contributed by atoms with Crippen LogP contribution in [0.3, 0.4) is 0 Å². The van der Waals surface area contributed by atoms with Crippen LogP contribution in [-0.2, 0) is 14.6 Å². The summed E-state index contributed by atoms with van der Waals surface area (Å²) in [5.74, 6) is -0.302. The molecule has 132 valence electrons. The third-order valence-corrected chi connectivity index (χ3v) is 5.35. The van der Waals surface area contributed by atoms with Crippen molar-refractivity contribution in [3.05, 3.63) is 54.1 Å². The summed E-state index contributed by atoms with van der Waals surface area (Å²) < 4.78 is 23.5. The van der Waals surface area contributed by atoms with Gasteiger partial charge in [-0.3, -0.25) is 9.59 Å². The van der Waals surface area contributed by atoms with Crippen molar-refractivity contribution in [2.24, 2.45) is 0 Å².